The Morgan fingerprint density at radius 3 is 2.56 bits per heavy atom. The van der Waals surface area contributed by atoms with Crippen LogP contribution in [0.25, 0.3) is 11.0 Å². The number of amides is 1. The average Bonchev–Trinajstić information content (AvgIpc) is 3.29. The maximum Gasteiger partial charge on any atom is 0.257 e. The van der Waals surface area contributed by atoms with Gasteiger partial charge in [0.2, 0.25) is 11.9 Å². The number of hydrogen-bond donors (Lipinski definition) is 3. The van der Waals surface area contributed by atoms with Crippen molar-refractivity contribution >= 4 is 44.4 Å². The Kier molecular flexibility index (Phi) is 8.22. The van der Waals surface area contributed by atoms with Gasteiger partial charge in [0, 0.05) is 30.2 Å². The minimum atomic E-state index is -3.14. The van der Waals surface area contributed by atoms with Crippen LogP contribution in [0.2, 0.25) is 0 Å². The molecule has 11 nitrogen and oxygen atoms in total. The molecule has 5 rings (SSSR count). The van der Waals surface area contributed by atoms with E-state index in [9.17, 15) is 13.2 Å². The van der Waals surface area contributed by atoms with Gasteiger partial charge in [0.1, 0.15) is 5.75 Å². The molecule has 0 aliphatic carbocycles. The lowest BCUT2D eigenvalue weighted by atomic mass is 10.2. The molecule has 3 aromatic carbocycles. The first-order valence-electron chi connectivity index (χ1n) is 12.7. The van der Waals surface area contributed by atoms with Gasteiger partial charge in [-0.1, -0.05) is 24.3 Å². The molecule has 41 heavy (non-hydrogen) atoms. The summed E-state index contributed by atoms with van der Waals surface area (Å²) in [6.45, 7) is 0.780. The third-order valence-electron chi connectivity index (χ3n) is 6.13. The van der Waals surface area contributed by atoms with Crippen LogP contribution in [0, 0.1) is 0 Å². The zero-order valence-corrected chi connectivity index (χ0v) is 23.4. The largest absolute Gasteiger partial charge is 0.497 e. The molecule has 0 atom stereocenters. The normalized spacial score (nSPS) is 11.4. The number of carbonyl (C=O) groups is 1. The van der Waals surface area contributed by atoms with Gasteiger partial charge in [-0.25, -0.2) is 23.4 Å². The Bertz CT molecular complexity index is 1790. The van der Waals surface area contributed by atoms with Gasteiger partial charge >= 0.3 is 0 Å². The van der Waals surface area contributed by atoms with Gasteiger partial charge in [-0.05, 0) is 60.2 Å². The first kappa shape index (κ1) is 27.7. The number of carbonyl (C=O) groups excluding carboxylic acids is 1. The first-order valence-corrected chi connectivity index (χ1v) is 14.8. The highest BCUT2D eigenvalue weighted by Crippen LogP contribution is 2.21. The van der Waals surface area contributed by atoms with Crippen LogP contribution < -0.4 is 20.7 Å². The molecule has 0 unspecified atom stereocenters. The van der Waals surface area contributed by atoms with Crippen molar-refractivity contribution in [3.63, 3.8) is 0 Å². The molecule has 1 amide bonds. The van der Waals surface area contributed by atoms with Gasteiger partial charge < -0.3 is 10.1 Å². The second-order valence-electron chi connectivity index (χ2n) is 9.39. The van der Waals surface area contributed by atoms with E-state index in [4.69, 9.17) is 4.74 Å². The van der Waals surface area contributed by atoms with Crippen molar-refractivity contribution in [2.24, 2.45) is 0 Å². The third-order valence-corrected chi connectivity index (χ3v) is 6.99. The molecule has 210 valence electrons. The molecule has 5 aromatic rings. The van der Waals surface area contributed by atoms with Crippen molar-refractivity contribution < 1.29 is 17.9 Å². The molecule has 12 heteroatoms. The van der Waals surface area contributed by atoms with E-state index < -0.39 is 9.84 Å². The van der Waals surface area contributed by atoms with E-state index in [1.165, 1.54) is 6.26 Å². The standard InChI is InChI=1S/C29H29N7O4S/c1-40-24-12-10-21(11-13-24)27(37)35-29-34-25-8-3-4-9-26(25)36(29)19-30-17-23-14-15-31-28(33-23)32-22-7-5-6-20(16-22)18-41(2,38)39/h3-16,30H,17-19H2,1-2H3,(H,31,32,33)(H,34,35,37). The van der Waals surface area contributed by atoms with E-state index in [1.54, 1.807) is 61.8 Å². The summed E-state index contributed by atoms with van der Waals surface area (Å²) in [6, 6.07) is 23.5. The van der Waals surface area contributed by atoms with Crippen LogP contribution in [0.1, 0.15) is 21.6 Å². The van der Waals surface area contributed by atoms with E-state index in [1.807, 2.05) is 34.9 Å². The second kappa shape index (κ2) is 12.1. The van der Waals surface area contributed by atoms with Gasteiger partial charge in [-0.2, -0.15) is 0 Å². The zero-order valence-electron chi connectivity index (χ0n) is 22.5. The molecule has 0 radical (unpaired) electrons. The molecule has 0 bridgehead atoms. The van der Waals surface area contributed by atoms with E-state index in [-0.39, 0.29) is 11.7 Å². The fourth-order valence-electron chi connectivity index (χ4n) is 4.27. The molecule has 0 fully saturated rings. The number of anilines is 3. The summed E-state index contributed by atoms with van der Waals surface area (Å²) in [5, 5.41) is 9.41. The number of benzene rings is 3. The van der Waals surface area contributed by atoms with E-state index in [2.05, 4.69) is 30.9 Å². The highest BCUT2D eigenvalue weighted by molar-refractivity contribution is 7.89. The van der Waals surface area contributed by atoms with Crippen LogP contribution >= 0.6 is 0 Å². The van der Waals surface area contributed by atoms with Crippen LogP contribution in [0.3, 0.4) is 0 Å². The van der Waals surface area contributed by atoms with E-state index in [0.717, 1.165) is 16.7 Å². The quantitative estimate of drug-likeness (QED) is 0.214. The molecule has 3 N–H and O–H groups in total. The average molecular weight is 572 g/mol. The second-order valence-corrected chi connectivity index (χ2v) is 11.5. The lowest BCUT2D eigenvalue weighted by Gasteiger charge is -2.12. The summed E-state index contributed by atoms with van der Waals surface area (Å²) >= 11 is 0. The van der Waals surface area contributed by atoms with Gasteiger partial charge in [-0.3, -0.25) is 20.0 Å². The molecule has 0 aliphatic heterocycles. The van der Waals surface area contributed by atoms with Crippen LogP contribution in [-0.4, -0.2) is 47.2 Å². The number of ether oxygens (including phenoxy) is 1. The number of sulfone groups is 1. The van der Waals surface area contributed by atoms with Crippen LogP contribution in [0.15, 0.2) is 85.1 Å². The minimum absolute atomic E-state index is 0.0428. The number of aromatic nitrogens is 4. The molecule has 0 spiro atoms. The molecule has 2 heterocycles. The minimum Gasteiger partial charge on any atom is -0.497 e. The van der Waals surface area contributed by atoms with Crippen molar-refractivity contribution in [2.75, 3.05) is 24.0 Å². The molecular weight excluding hydrogens is 542 g/mol. The molecule has 0 aliphatic rings. The maximum atomic E-state index is 12.9. The predicted octanol–water partition coefficient (Wildman–Crippen LogP) is 4.12. The van der Waals surface area contributed by atoms with E-state index >= 15 is 0 Å². The summed E-state index contributed by atoms with van der Waals surface area (Å²) in [7, 11) is -1.57. The van der Waals surface area contributed by atoms with Gasteiger partial charge in [0.15, 0.2) is 9.84 Å². The molecule has 0 saturated carbocycles. The monoisotopic (exact) mass is 571 g/mol. The number of fused-ring (bicyclic) bond motifs is 1. The van der Waals surface area contributed by atoms with Crippen molar-refractivity contribution in [1.82, 2.24) is 24.8 Å². The molecule has 2 aromatic heterocycles. The summed E-state index contributed by atoms with van der Waals surface area (Å²) < 4.78 is 30.4. The van der Waals surface area contributed by atoms with E-state index in [0.29, 0.717) is 47.7 Å². The Morgan fingerprint density at radius 2 is 1.78 bits per heavy atom. The Morgan fingerprint density at radius 1 is 0.976 bits per heavy atom. The Hall–Kier alpha value is -4.81. The van der Waals surface area contributed by atoms with Crippen LogP contribution in [0.4, 0.5) is 17.6 Å². The van der Waals surface area contributed by atoms with Gasteiger partial charge in [0.05, 0.1) is 36.3 Å². The van der Waals surface area contributed by atoms with Crippen molar-refractivity contribution in [1.29, 1.82) is 0 Å². The zero-order chi connectivity index (χ0) is 28.8. The lowest BCUT2D eigenvalue weighted by molar-refractivity contribution is 0.102. The van der Waals surface area contributed by atoms with Gasteiger partial charge in [-0.15, -0.1) is 0 Å². The number of hydrogen-bond acceptors (Lipinski definition) is 9. The summed E-state index contributed by atoms with van der Waals surface area (Å²) in [6.07, 6.45) is 2.86. The maximum absolute atomic E-state index is 12.9. The molecular formula is C29H29N7O4S. The highest BCUT2D eigenvalue weighted by atomic mass is 32.2. The number of nitrogens with one attached hydrogen (secondary N) is 3. The topological polar surface area (TPSA) is 140 Å². The van der Waals surface area contributed by atoms with Crippen molar-refractivity contribution in [3.8, 4) is 5.75 Å². The highest BCUT2D eigenvalue weighted by Gasteiger charge is 2.15. The Labute approximate surface area is 237 Å². The van der Waals surface area contributed by atoms with Gasteiger partial charge in [0.25, 0.3) is 5.91 Å². The van der Waals surface area contributed by atoms with Crippen LogP contribution in [-0.2, 0) is 28.8 Å². The number of nitrogens with zero attached hydrogens (tertiary/aromatic N) is 4. The Balaban J connectivity index is 1.27. The number of rotatable bonds is 11. The lowest BCUT2D eigenvalue weighted by Crippen LogP contribution is -2.22. The smallest absolute Gasteiger partial charge is 0.257 e. The summed E-state index contributed by atoms with van der Waals surface area (Å²) in [4.78, 5) is 26.4. The third kappa shape index (κ3) is 7.24. The summed E-state index contributed by atoms with van der Waals surface area (Å²) in [5.74, 6) is 1.15. The van der Waals surface area contributed by atoms with Crippen molar-refractivity contribution in [3.05, 3.63) is 102 Å². The first-order chi connectivity index (χ1) is 19.8. The number of methoxy groups -OCH3 is 1. The fraction of sp³-hybridized carbons (Fsp3) is 0.172. The fourth-order valence-corrected chi connectivity index (χ4v) is 5.05. The predicted molar refractivity (Wildman–Crippen MR) is 158 cm³/mol. The number of para-hydroxylation sites is 2. The summed E-state index contributed by atoms with van der Waals surface area (Å²) in [5.41, 5.74) is 4.22. The number of imidazole rings is 1. The van der Waals surface area contributed by atoms with Crippen LogP contribution in [0.5, 0.6) is 5.75 Å². The molecule has 0 saturated heterocycles. The van der Waals surface area contributed by atoms with Crippen molar-refractivity contribution in [2.45, 2.75) is 19.0 Å². The SMILES string of the molecule is COc1ccc(C(=O)Nc2nc3ccccc3n2CNCc2ccnc(Nc3cccc(CS(C)(=O)=O)c3)n2)cc1.